The van der Waals surface area contributed by atoms with Crippen LogP contribution in [0.1, 0.15) is 38.4 Å². The van der Waals surface area contributed by atoms with Crippen molar-refractivity contribution in [3.8, 4) is 0 Å². The Bertz CT molecular complexity index is 555. The van der Waals surface area contributed by atoms with Crippen LogP contribution in [0.15, 0.2) is 6.20 Å². The van der Waals surface area contributed by atoms with E-state index in [2.05, 4.69) is 4.98 Å². The predicted octanol–water partition coefficient (Wildman–Crippen LogP) is 1.22. The third-order valence-corrected chi connectivity index (χ3v) is 4.19. The molecular formula is C14H23N5O3. The number of likely N-dealkylation sites (tertiary alicyclic amines) is 1. The lowest BCUT2D eigenvalue weighted by molar-refractivity contribution is -0.389. The fourth-order valence-corrected chi connectivity index (χ4v) is 2.98. The van der Waals surface area contributed by atoms with Gasteiger partial charge in [-0.05, 0) is 36.1 Å². The molecule has 1 amide bonds. The van der Waals surface area contributed by atoms with Crippen molar-refractivity contribution in [3.05, 3.63) is 22.1 Å². The number of hydrogen-bond acceptors (Lipinski definition) is 5. The summed E-state index contributed by atoms with van der Waals surface area (Å²) in [7, 11) is 0. The van der Waals surface area contributed by atoms with Gasteiger partial charge in [0.15, 0.2) is 0 Å². The van der Waals surface area contributed by atoms with Gasteiger partial charge in [-0.3, -0.25) is 4.79 Å². The van der Waals surface area contributed by atoms with E-state index in [0.29, 0.717) is 18.8 Å². The van der Waals surface area contributed by atoms with E-state index in [0.717, 1.165) is 25.8 Å². The SMILES string of the molecule is Cc1nc([N+](=O)[O-])cn1CCC(=O)N1CCCCC1C(C)N. The maximum Gasteiger partial charge on any atom is 0.381 e. The summed E-state index contributed by atoms with van der Waals surface area (Å²) in [4.78, 5) is 28.4. The van der Waals surface area contributed by atoms with Gasteiger partial charge in [-0.25, -0.2) is 0 Å². The van der Waals surface area contributed by atoms with Gasteiger partial charge in [0, 0.05) is 38.5 Å². The monoisotopic (exact) mass is 309 g/mol. The zero-order valence-corrected chi connectivity index (χ0v) is 13.1. The van der Waals surface area contributed by atoms with Crippen LogP contribution in [-0.2, 0) is 11.3 Å². The molecule has 2 atom stereocenters. The standard InChI is InChI=1S/C14H23N5O3/c1-10(15)12-5-3-4-7-18(12)14(20)6-8-17-9-13(19(21)22)16-11(17)2/h9-10,12H,3-8,15H2,1-2H3. The molecule has 0 saturated carbocycles. The fraction of sp³-hybridized carbons (Fsp3) is 0.714. The second-order valence-electron chi connectivity index (χ2n) is 5.86. The van der Waals surface area contributed by atoms with Gasteiger partial charge in [0.25, 0.3) is 0 Å². The van der Waals surface area contributed by atoms with E-state index in [9.17, 15) is 14.9 Å². The first kappa shape index (κ1) is 16.4. The van der Waals surface area contributed by atoms with Gasteiger partial charge < -0.3 is 25.3 Å². The van der Waals surface area contributed by atoms with Crippen LogP contribution >= 0.6 is 0 Å². The maximum absolute atomic E-state index is 12.4. The van der Waals surface area contributed by atoms with Crippen molar-refractivity contribution in [1.29, 1.82) is 0 Å². The zero-order chi connectivity index (χ0) is 16.3. The summed E-state index contributed by atoms with van der Waals surface area (Å²) in [6.07, 6.45) is 4.73. The Kier molecular flexibility index (Phi) is 5.12. The average Bonchev–Trinajstić information content (AvgIpc) is 2.86. The quantitative estimate of drug-likeness (QED) is 0.650. The number of carbonyl (C=O) groups excluding carboxylic acids is 1. The number of rotatable bonds is 5. The molecule has 2 N–H and O–H groups in total. The number of carbonyl (C=O) groups is 1. The first-order valence-electron chi connectivity index (χ1n) is 7.63. The summed E-state index contributed by atoms with van der Waals surface area (Å²) >= 11 is 0. The summed E-state index contributed by atoms with van der Waals surface area (Å²) in [6.45, 7) is 4.77. The van der Waals surface area contributed by atoms with Gasteiger partial charge in [0.1, 0.15) is 6.20 Å². The normalized spacial score (nSPS) is 20.0. The molecule has 122 valence electrons. The highest BCUT2D eigenvalue weighted by atomic mass is 16.6. The number of aryl methyl sites for hydroxylation is 2. The number of nitrogens with zero attached hydrogens (tertiary/aromatic N) is 4. The first-order chi connectivity index (χ1) is 10.4. The topological polar surface area (TPSA) is 107 Å². The second-order valence-corrected chi connectivity index (χ2v) is 5.86. The van der Waals surface area contributed by atoms with E-state index >= 15 is 0 Å². The van der Waals surface area contributed by atoms with Gasteiger partial charge >= 0.3 is 5.82 Å². The first-order valence-corrected chi connectivity index (χ1v) is 7.63. The van der Waals surface area contributed by atoms with Crippen LogP contribution in [-0.4, -0.2) is 43.9 Å². The Labute approximate surface area is 129 Å². The molecule has 0 bridgehead atoms. The molecule has 1 saturated heterocycles. The van der Waals surface area contributed by atoms with Gasteiger partial charge in [-0.2, -0.15) is 0 Å². The van der Waals surface area contributed by atoms with E-state index in [1.807, 2.05) is 11.8 Å². The third kappa shape index (κ3) is 3.62. The van der Waals surface area contributed by atoms with Crippen molar-refractivity contribution in [2.24, 2.45) is 5.73 Å². The minimum Gasteiger partial charge on any atom is -0.358 e. The Hall–Kier alpha value is -1.96. The van der Waals surface area contributed by atoms with Crippen LogP contribution in [0.5, 0.6) is 0 Å². The summed E-state index contributed by atoms with van der Waals surface area (Å²) in [5.41, 5.74) is 5.98. The summed E-state index contributed by atoms with van der Waals surface area (Å²) in [6, 6.07) is 0.0554. The smallest absolute Gasteiger partial charge is 0.358 e. The van der Waals surface area contributed by atoms with Crippen LogP contribution < -0.4 is 5.73 Å². The molecule has 2 rings (SSSR count). The highest BCUT2D eigenvalue weighted by molar-refractivity contribution is 5.76. The highest BCUT2D eigenvalue weighted by Gasteiger charge is 2.29. The van der Waals surface area contributed by atoms with Gasteiger partial charge in [-0.15, -0.1) is 0 Å². The van der Waals surface area contributed by atoms with E-state index in [-0.39, 0.29) is 23.8 Å². The maximum atomic E-state index is 12.4. The van der Waals surface area contributed by atoms with Crippen LogP contribution in [0.25, 0.3) is 0 Å². The lowest BCUT2D eigenvalue weighted by Crippen LogP contribution is -2.51. The number of aromatic nitrogens is 2. The second kappa shape index (κ2) is 6.87. The average molecular weight is 309 g/mol. The fourth-order valence-electron chi connectivity index (χ4n) is 2.98. The summed E-state index contributed by atoms with van der Waals surface area (Å²) < 4.78 is 1.65. The number of amides is 1. The van der Waals surface area contributed by atoms with Crippen LogP contribution in [0.3, 0.4) is 0 Å². The molecular weight excluding hydrogens is 286 g/mol. The van der Waals surface area contributed by atoms with E-state index in [4.69, 9.17) is 5.73 Å². The minimum absolute atomic E-state index is 0.0414. The molecule has 1 aliphatic heterocycles. The molecule has 0 radical (unpaired) electrons. The lowest BCUT2D eigenvalue weighted by atomic mass is 9.96. The van der Waals surface area contributed by atoms with E-state index in [1.165, 1.54) is 6.20 Å². The number of nitro groups is 1. The zero-order valence-electron chi connectivity index (χ0n) is 13.1. The Morgan fingerprint density at radius 3 is 2.91 bits per heavy atom. The van der Waals surface area contributed by atoms with Crippen LogP contribution in [0, 0.1) is 17.0 Å². The van der Waals surface area contributed by atoms with Crippen molar-refractivity contribution in [1.82, 2.24) is 14.5 Å². The summed E-state index contributed by atoms with van der Waals surface area (Å²) in [5, 5.41) is 10.7. The van der Waals surface area contributed by atoms with E-state index < -0.39 is 4.92 Å². The molecule has 1 aromatic rings. The minimum atomic E-state index is -0.526. The molecule has 0 aromatic carbocycles. The Morgan fingerprint density at radius 2 is 2.32 bits per heavy atom. The van der Waals surface area contributed by atoms with Gasteiger partial charge in [0.05, 0.1) is 0 Å². The van der Waals surface area contributed by atoms with E-state index in [1.54, 1.807) is 11.5 Å². The van der Waals surface area contributed by atoms with Crippen molar-refractivity contribution >= 4 is 11.7 Å². The molecule has 2 unspecified atom stereocenters. The van der Waals surface area contributed by atoms with Crippen LogP contribution in [0.4, 0.5) is 5.82 Å². The molecule has 0 spiro atoms. The molecule has 0 aliphatic carbocycles. The molecule has 1 fully saturated rings. The number of imidazole rings is 1. The molecule has 1 aromatic heterocycles. The largest absolute Gasteiger partial charge is 0.381 e. The molecule has 8 nitrogen and oxygen atoms in total. The highest BCUT2D eigenvalue weighted by Crippen LogP contribution is 2.20. The third-order valence-electron chi connectivity index (χ3n) is 4.19. The summed E-state index contributed by atoms with van der Waals surface area (Å²) in [5.74, 6) is 0.413. The lowest BCUT2D eigenvalue weighted by Gasteiger charge is -2.38. The molecule has 8 heteroatoms. The Balaban J connectivity index is 1.98. The van der Waals surface area contributed by atoms with Crippen molar-refractivity contribution in [2.75, 3.05) is 6.54 Å². The number of nitrogens with two attached hydrogens (primary N) is 1. The number of piperidine rings is 1. The molecule has 22 heavy (non-hydrogen) atoms. The molecule has 1 aliphatic rings. The van der Waals surface area contributed by atoms with Gasteiger partial charge in [-0.1, -0.05) is 0 Å². The Morgan fingerprint density at radius 1 is 1.59 bits per heavy atom. The van der Waals surface area contributed by atoms with Crippen LogP contribution in [0.2, 0.25) is 0 Å². The predicted molar refractivity (Wildman–Crippen MR) is 81.2 cm³/mol. The molecule has 2 heterocycles. The van der Waals surface area contributed by atoms with Crippen molar-refractivity contribution in [2.45, 2.75) is 58.2 Å². The van der Waals surface area contributed by atoms with Crippen molar-refractivity contribution < 1.29 is 9.72 Å². The van der Waals surface area contributed by atoms with Gasteiger partial charge in [0.2, 0.25) is 11.7 Å². The number of hydrogen-bond donors (Lipinski definition) is 1. The van der Waals surface area contributed by atoms with Crippen molar-refractivity contribution in [3.63, 3.8) is 0 Å².